The summed E-state index contributed by atoms with van der Waals surface area (Å²) >= 11 is 0. The molecule has 4 nitrogen and oxygen atoms in total. The number of hydrogen-bond acceptors (Lipinski definition) is 3. The van der Waals surface area contributed by atoms with Gasteiger partial charge in [-0.15, -0.1) is 0 Å². The topological polar surface area (TPSA) is 41.6 Å². The molecule has 25 heavy (non-hydrogen) atoms. The highest BCUT2D eigenvalue weighted by atomic mass is 31.0. The van der Waals surface area contributed by atoms with Crippen molar-refractivity contribution >= 4 is 15.3 Å². The lowest BCUT2D eigenvalue weighted by Gasteiger charge is -2.27. The van der Waals surface area contributed by atoms with Crippen LogP contribution < -0.4 is 10.1 Å². The Labute approximate surface area is 149 Å². The summed E-state index contributed by atoms with van der Waals surface area (Å²) in [5.74, 6) is 3.51. The molecule has 1 N–H and O–H groups in total. The van der Waals surface area contributed by atoms with E-state index in [0.717, 1.165) is 54.1 Å². The van der Waals surface area contributed by atoms with Crippen LogP contribution in [0.25, 0.3) is 0 Å². The van der Waals surface area contributed by atoms with Crippen molar-refractivity contribution < 1.29 is 9.53 Å². The third-order valence-corrected chi connectivity index (χ3v) is 6.28. The first kappa shape index (κ1) is 15.4. The summed E-state index contributed by atoms with van der Waals surface area (Å²) < 4.78 is 8.28. The molecular weight excluding hydrogens is 331 g/mol. The largest absolute Gasteiger partial charge is 0.457 e. The molecule has 2 aromatic carbocycles. The van der Waals surface area contributed by atoms with E-state index in [-0.39, 0.29) is 11.8 Å². The monoisotopic (exact) mass is 352 g/mol. The first-order valence-electron chi connectivity index (χ1n) is 8.85. The summed E-state index contributed by atoms with van der Waals surface area (Å²) in [6.07, 6.45) is 0. The minimum atomic E-state index is -0.294. The molecule has 2 aromatic rings. The summed E-state index contributed by atoms with van der Waals surface area (Å²) in [6, 6.07) is 15.7. The Bertz CT molecular complexity index is 782. The molecular formula is C20H21N2O2P. The third kappa shape index (κ3) is 2.56. The maximum atomic E-state index is 13.1. The van der Waals surface area contributed by atoms with Gasteiger partial charge in [0.2, 0.25) is 5.91 Å². The van der Waals surface area contributed by atoms with Gasteiger partial charge in [-0.25, -0.2) is 0 Å². The van der Waals surface area contributed by atoms with Crippen molar-refractivity contribution in [2.45, 2.75) is 5.92 Å². The highest BCUT2D eigenvalue weighted by molar-refractivity contribution is 7.13. The van der Waals surface area contributed by atoms with Crippen molar-refractivity contribution in [3.05, 3.63) is 59.7 Å². The molecule has 3 aliphatic rings. The molecule has 1 saturated carbocycles. The maximum Gasteiger partial charge on any atom is 0.232 e. The van der Waals surface area contributed by atoms with E-state index in [0.29, 0.717) is 5.92 Å². The molecule has 1 amide bonds. The number of ether oxygens (including phenoxy) is 1. The number of benzene rings is 2. The van der Waals surface area contributed by atoms with Crippen LogP contribution in [0.3, 0.4) is 0 Å². The summed E-state index contributed by atoms with van der Waals surface area (Å²) in [6.45, 7) is 3.06. The average molecular weight is 352 g/mol. The van der Waals surface area contributed by atoms with Gasteiger partial charge < -0.3 is 10.1 Å². The van der Waals surface area contributed by atoms with Crippen molar-refractivity contribution in [2.75, 3.05) is 19.6 Å². The number of nitrogens with one attached hydrogen (secondary N) is 1. The summed E-state index contributed by atoms with van der Waals surface area (Å²) in [4.78, 5) is 13.1. The van der Waals surface area contributed by atoms with Crippen LogP contribution in [0, 0.1) is 17.8 Å². The fourth-order valence-corrected chi connectivity index (χ4v) is 4.98. The van der Waals surface area contributed by atoms with E-state index >= 15 is 0 Å². The molecule has 2 aliphatic heterocycles. The van der Waals surface area contributed by atoms with Crippen LogP contribution in [0.5, 0.6) is 11.5 Å². The van der Waals surface area contributed by atoms with Gasteiger partial charge >= 0.3 is 0 Å². The van der Waals surface area contributed by atoms with E-state index in [2.05, 4.69) is 19.4 Å². The number of para-hydroxylation sites is 2. The van der Waals surface area contributed by atoms with Crippen LogP contribution in [-0.2, 0) is 4.79 Å². The Balaban J connectivity index is 1.37. The molecule has 2 heterocycles. The molecule has 0 spiro atoms. The number of amides is 1. The van der Waals surface area contributed by atoms with Gasteiger partial charge in [0.1, 0.15) is 11.5 Å². The standard InChI is InChI=1S/C20H21N2O2P/c23-20(21-9-14-15-10-22(25)11-16(14)15)19-12-5-1-3-7-17(12)24-18-8-4-2-6-13(18)19/h1-8,14-16,19H,9-11,25H2,(H,21,23). The van der Waals surface area contributed by atoms with Crippen molar-refractivity contribution in [3.63, 3.8) is 0 Å². The van der Waals surface area contributed by atoms with Crippen LogP contribution in [0.1, 0.15) is 17.0 Å². The van der Waals surface area contributed by atoms with Crippen molar-refractivity contribution in [1.82, 2.24) is 9.99 Å². The molecule has 1 aliphatic carbocycles. The SMILES string of the molecule is O=C(NCC1C2CN(P)CC12)C1c2ccccc2Oc2ccccc21. The highest BCUT2D eigenvalue weighted by Gasteiger charge is 2.54. The normalized spacial score (nSPS) is 27.0. The molecule has 3 atom stereocenters. The van der Waals surface area contributed by atoms with Crippen molar-refractivity contribution in [3.8, 4) is 11.5 Å². The first-order valence-corrected chi connectivity index (χ1v) is 9.37. The van der Waals surface area contributed by atoms with Crippen LogP contribution in [-0.4, -0.2) is 30.2 Å². The lowest BCUT2D eigenvalue weighted by atomic mass is 9.87. The molecule has 0 radical (unpaired) electrons. The predicted octanol–water partition coefficient (Wildman–Crippen LogP) is 3.01. The minimum absolute atomic E-state index is 0.0795. The fraction of sp³-hybridized carbons (Fsp3) is 0.350. The zero-order valence-electron chi connectivity index (χ0n) is 13.9. The second-order valence-corrected chi connectivity index (χ2v) is 8.03. The van der Waals surface area contributed by atoms with Gasteiger partial charge in [-0.1, -0.05) is 45.8 Å². The van der Waals surface area contributed by atoms with Gasteiger partial charge in [-0.3, -0.25) is 9.46 Å². The number of carbonyl (C=O) groups excluding carboxylic acids is 1. The third-order valence-electron chi connectivity index (χ3n) is 5.85. The van der Waals surface area contributed by atoms with E-state index < -0.39 is 0 Å². The number of hydrogen-bond donors (Lipinski definition) is 1. The van der Waals surface area contributed by atoms with Crippen molar-refractivity contribution in [2.24, 2.45) is 17.8 Å². The van der Waals surface area contributed by atoms with Gasteiger partial charge in [0, 0.05) is 30.8 Å². The summed E-state index contributed by atoms with van der Waals surface area (Å²) in [5.41, 5.74) is 1.90. The Hall–Kier alpha value is -1.90. The Kier molecular flexibility index (Phi) is 3.58. The maximum absolute atomic E-state index is 13.1. The van der Waals surface area contributed by atoms with Crippen LogP contribution in [0.15, 0.2) is 48.5 Å². The fourth-order valence-electron chi connectivity index (χ4n) is 4.50. The Morgan fingerprint density at radius 1 is 1.04 bits per heavy atom. The van der Waals surface area contributed by atoms with Gasteiger partial charge in [-0.2, -0.15) is 0 Å². The van der Waals surface area contributed by atoms with E-state index in [1.54, 1.807) is 0 Å². The molecule has 5 heteroatoms. The number of fused-ring (bicyclic) bond motifs is 3. The Morgan fingerprint density at radius 3 is 2.20 bits per heavy atom. The zero-order valence-corrected chi connectivity index (χ0v) is 15.0. The smallest absolute Gasteiger partial charge is 0.232 e. The Morgan fingerprint density at radius 2 is 1.60 bits per heavy atom. The zero-order chi connectivity index (χ0) is 17.0. The molecule has 3 unspecified atom stereocenters. The number of carbonyl (C=O) groups is 1. The minimum Gasteiger partial charge on any atom is -0.457 e. The summed E-state index contributed by atoms with van der Waals surface area (Å²) in [7, 11) is 2.79. The van der Waals surface area contributed by atoms with E-state index in [1.165, 1.54) is 0 Å². The quantitative estimate of drug-likeness (QED) is 0.864. The molecule has 0 aromatic heterocycles. The summed E-state index contributed by atoms with van der Waals surface area (Å²) in [5, 5.41) is 3.22. The lowest BCUT2D eigenvalue weighted by molar-refractivity contribution is -0.121. The van der Waals surface area contributed by atoms with Crippen LogP contribution in [0.4, 0.5) is 0 Å². The van der Waals surface area contributed by atoms with E-state index in [9.17, 15) is 4.79 Å². The van der Waals surface area contributed by atoms with Gasteiger partial charge in [0.05, 0.1) is 5.92 Å². The van der Waals surface area contributed by atoms with Gasteiger partial charge in [0.15, 0.2) is 0 Å². The average Bonchev–Trinajstić information content (AvgIpc) is 3.10. The number of nitrogens with zero attached hydrogens (tertiary/aromatic N) is 1. The second kappa shape index (κ2) is 5.82. The highest BCUT2D eigenvalue weighted by Crippen LogP contribution is 2.52. The van der Waals surface area contributed by atoms with E-state index in [4.69, 9.17) is 4.74 Å². The van der Waals surface area contributed by atoms with Gasteiger partial charge in [-0.05, 0) is 29.9 Å². The molecule has 5 rings (SSSR count). The van der Waals surface area contributed by atoms with Crippen LogP contribution >= 0.6 is 9.39 Å². The molecule has 0 bridgehead atoms. The molecule has 2 fully saturated rings. The predicted molar refractivity (Wildman–Crippen MR) is 99.6 cm³/mol. The second-order valence-electron chi connectivity index (χ2n) is 7.30. The number of rotatable bonds is 3. The molecule has 128 valence electrons. The first-order chi connectivity index (χ1) is 12.2. The lowest BCUT2D eigenvalue weighted by Crippen LogP contribution is -2.34. The number of piperidine rings is 1. The molecule has 1 saturated heterocycles. The van der Waals surface area contributed by atoms with Gasteiger partial charge in [0.25, 0.3) is 0 Å². The van der Waals surface area contributed by atoms with Crippen molar-refractivity contribution in [1.29, 1.82) is 0 Å². The van der Waals surface area contributed by atoms with Crippen LogP contribution in [0.2, 0.25) is 0 Å². The van der Waals surface area contributed by atoms with E-state index in [1.807, 2.05) is 48.5 Å².